The molecule has 1 atom stereocenters. The molecule has 114 valence electrons. The summed E-state index contributed by atoms with van der Waals surface area (Å²) in [7, 11) is 0. The van der Waals surface area contributed by atoms with Crippen LogP contribution < -0.4 is 9.47 Å². The molecule has 0 saturated carbocycles. The summed E-state index contributed by atoms with van der Waals surface area (Å²) in [6.45, 7) is 3.63. The Morgan fingerprint density at radius 1 is 1.33 bits per heavy atom. The smallest absolute Gasteiger partial charge is 0.303 e. The van der Waals surface area contributed by atoms with Crippen molar-refractivity contribution in [3.05, 3.63) is 23.3 Å². The Bertz CT molecular complexity index is 524. The van der Waals surface area contributed by atoms with Gasteiger partial charge in [0.25, 0.3) is 0 Å². The van der Waals surface area contributed by atoms with Crippen LogP contribution in [0.2, 0.25) is 0 Å². The molecular weight excluding hydrogens is 272 g/mol. The summed E-state index contributed by atoms with van der Waals surface area (Å²) in [6.07, 6.45) is 4.08. The number of carbonyl (C=O) groups is 2. The quantitative estimate of drug-likeness (QED) is 0.438. The van der Waals surface area contributed by atoms with E-state index in [0.717, 1.165) is 25.5 Å². The summed E-state index contributed by atoms with van der Waals surface area (Å²) in [4.78, 5) is 22.6. The molecule has 2 rings (SSSR count). The number of esters is 1. The lowest BCUT2D eigenvalue weighted by atomic mass is 9.97. The molecule has 0 bridgehead atoms. The van der Waals surface area contributed by atoms with Crippen LogP contribution in [0.1, 0.15) is 61.6 Å². The molecule has 1 heterocycles. The lowest BCUT2D eigenvalue weighted by Crippen LogP contribution is -2.11. The number of hydrogen-bond donors (Lipinski definition) is 0. The van der Waals surface area contributed by atoms with Crippen LogP contribution in [0.15, 0.2) is 12.1 Å². The lowest BCUT2D eigenvalue weighted by molar-refractivity contribution is -0.147. The molecule has 5 nitrogen and oxygen atoms in total. The first-order chi connectivity index (χ1) is 10.2. The van der Waals surface area contributed by atoms with E-state index in [2.05, 4.69) is 6.92 Å². The summed E-state index contributed by atoms with van der Waals surface area (Å²) in [5.41, 5.74) is 1.16. The van der Waals surface area contributed by atoms with Crippen molar-refractivity contribution in [2.24, 2.45) is 0 Å². The second kappa shape index (κ2) is 7.11. The third kappa shape index (κ3) is 3.74. The third-order valence-corrected chi connectivity index (χ3v) is 3.43. The van der Waals surface area contributed by atoms with Crippen molar-refractivity contribution < 1.29 is 23.8 Å². The molecule has 1 aromatic carbocycles. The van der Waals surface area contributed by atoms with Gasteiger partial charge in [-0.3, -0.25) is 9.59 Å². The Morgan fingerprint density at radius 2 is 2.05 bits per heavy atom. The average Bonchev–Trinajstić information content (AvgIpc) is 2.91. The summed E-state index contributed by atoms with van der Waals surface area (Å²) in [5.74, 6) is 0.783. The SMILES string of the molecule is CCCCCC(OC(C)=O)c1cc2c(cc1C=O)OCO2. The second-order valence-electron chi connectivity index (χ2n) is 5.05. The maximum atomic E-state index is 11.3. The third-order valence-electron chi connectivity index (χ3n) is 3.43. The van der Waals surface area contributed by atoms with Crippen LogP contribution >= 0.6 is 0 Å². The van der Waals surface area contributed by atoms with E-state index < -0.39 is 6.10 Å². The lowest BCUT2D eigenvalue weighted by Gasteiger charge is -2.19. The van der Waals surface area contributed by atoms with Crippen LogP contribution in [0, 0.1) is 0 Å². The van der Waals surface area contributed by atoms with E-state index >= 15 is 0 Å². The summed E-state index contributed by atoms with van der Waals surface area (Å²) in [6, 6.07) is 3.38. The molecular formula is C16H20O5. The molecule has 1 aliphatic rings. The van der Waals surface area contributed by atoms with Crippen molar-refractivity contribution in [1.29, 1.82) is 0 Å². The zero-order valence-electron chi connectivity index (χ0n) is 12.4. The molecule has 0 aromatic heterocycles. The first-order valence-corrected chi connectivity index (χ1v) is 7.21. The van der Waals surface area contributed by atoms with Crippen LogP contribution in [0.25, 0.3) is 0 Å². The molecule has 0 fully saturated rings. The maximum Gasteiger partial charge on any atom is 0.303 e. The molecule has 0 saturated heterocycles. The maximum absolute atomic E-state index is 11.3. The van der Waals surface area contributed by atoms with Gasteiger partial charge in [-0.2, -0.15) is 0 Å². The van der Waals surface area contributed by atoms with Gasteiger partial charge in [0.1, 0.15) is 6.10 Å². The van der Waals surface area contributed by atoms with Gasteiger partial charge in [0, 0.05) is 18.1 Å². The van der Waals surface area contributed by atoms with Crippen molar-refractivity contribution in [3.63, 3.8) is 0 Å². The molecule has 0 N–H and O–H groups in total. The van der Waals surface area contributed by atoms with Crippen LogP contribution in [0.3, 0.4) is 0 Å². The highest BCUT2D eigenvalue weighted by Crippen LogP contribution is 2.38. The zero-order valence-corrected chi connectivity index (χ0v) is 12.4. The Labute approximate surface area is 124 Å². The Morgan fingerprint density at radius 3 is 2.67 bits per heavy atom. The number of aldehydes is 1. The highest BCUT2D eigenvalue weighted by molar-refractivity contribution is 5.80. The van der Waals surface area contributed by atoms with E-state index in [-0.39, 0.29) is 12.8 Å². The largest absolute Gasteiger partial charge is 0.458 e. The van der Waals surface area contributed by atoms with Gasteiger partial charge in [0.05, 0.1) is 0 Å². The van der Waals surface area contributed by atoms with Crippen molar-refractivity contribution in [1.82, 2.24) is 0 Å². The molecule has 0 radical (unpaired) electrons. The second-order valence-corrected chi connectivity index (χ2v) is 5.05. The Balaban J connectivity index is 2.28. The van der Waals surface area contributed by atoms with Crippen molar-refractivity contribution >= 4 is 12.3 Å². The van der Waals surface area contributed by atoms with Gasteiger partial charge in [-0.1, -0.05) is 19.8 Å². The normalized spacial score (nSPS) is 13.8. The van der Waals surface area contributed by atoms with Gasteiger partial charge in [-0.15, -0.1) is 0 Å². The minimum absolute atomic E-state index is 0.144. The molecule has 21 heavy (non-hydrogen) atoms. The number of rotatable bonds is 7. The number of fused-ring (bicyclic) bond motifs is 1. The zero-order chi connectivity index (χ0) is 15.2. The number of unbranched alkanes of at least 4 members (excludes halogenated alkanes) is 2. The first kappa shape index (κ1) is 15.4. The average molecular weight is 292 g/mol. The monoisotopic (exact) mass is 292 g/mol. The number of benzene rings is 1. The van der Waals surface area contributed by atoms with Crippen LogP contribution in [0.4, 0.5) is 0 Å². The van der Waals surface area contributed by atoms with Crippen molar-refractivity contribution in [2.45, 2.75) is 45.6 Å². The molecule has 5 heteroatoms. The van der Waals surface area contributed by atoms with Crippen LogP contribution in [0.5, 0.6) is 11.5 Å². The van der Waals surface area contributed by atoms with Gasteiger partial charge in [0.15, 0.2) is 17.8 Å². The fourth-order valence-corrected chi connectivity index (χ4v) is 2.41. The standard InChI is InChI=1S/C16H20O5/c1-3-4-5-6-14(21-11(2)18)13-8-16-15(19-10-20-16)7-12(13)9-17/h7-9,14H,3-6,10H2,1-2H3. The minimum atomic E-state index is -0.427. The van der Waals surface area contributed by atoms with Gasteiger partial charge in [-0.05, 0) is 25.0 Å². The van der Waals surface area contributed by atoms with E-state index in [1.54, 1.807) is 12.1 Å². The van der Waals surface area contributed by atoms with E-state index in [0.29, 0.717) is 29.0 Å². The minimum Gasteiger partial charge on any atom is -0.458 e. The summed E-state index contributed by atoms with van der Waals surface area (Å²) in [5, 5.41) is 0. The van der Waals surface area contributed by atoms with Gasteiger partial charge in [-0.25, -0.2) is 0 Å². The molecule has 1 aromatic rings. The van der Waals surface area contributed by atoms with Crippen LogP contribution in [-0.4, -0.2) is 19.0 Å². The van der Waals surface area contributed by atoms with E-state index in [1.165, 1.54) is 6.92 Å². The predicted octanol–water partition coefficient (Wildman–Crippen LogP) is 3.41. The van der Waals surface area contributed by atoms with E-state index in [4.69, 9.17) is 14.2 Å². The Hall–Kier alpha value is -2.04. The molecule has 1 aliphatic heterocycles. The van der Waals surface area contributed by atoms with Gasteiger partial charge < -0.3 is 14.2 Å². The molecule has 0 amide bonds. The number of ether oxygens (including phenoxy) is 3. The predicted molar refractivity (Wildman–Crippen MR) is 76.6 cm³/mol. The van der Waals surface area contributed by atoms with E-state index in [9.17, 15) is 9.59 Å². The molecule has 0 spiro atoms. The molecule has 1 unspecified atom stereocenters. The highest BCUT2D eigenvalue weighted by Gasteiger charge is 2.23. The van der Waals surface area contributed by atoms with Gasteiger partial charge in [0.2, 0.25) is 6.79 Å². The van der Waals surface area contributed by atoms with E-state index in [1.807, 2.05) is 0 Å². The fourth-order valence-electron chi connectivity index (χ4n) is 2.41. The Kier molecular flexibility index (Phi) is 5.20. The topological polar surface area (TPSA) is 61.8 Å². The van der Waals surface area contributed by atoms with Gasteiger partial charge >= 0.3 is 5.97 Å². The summed E-state index contributed by atoms with van der Waals surface area (Å²) >= 11 is 0. The first-order valence-electron chi connectivity index (χ1n) is 7.21. The van der Waals surface area contributed by atoms with Crippen molar-refractivity contribution in [3.8, 4) is 11.5 Å². The van der Waals surface area contributed by atoms with Crippen molar-refractivity contribution in [2.75, 3.05) is 6.79 Å². The molecule has 0 aliphatic carbocycles. The number of hydrogen-bond acceptors (Lipinski definition) is 5. The number of carbonyl (C=O) groups excluding carboxylic acids is 2. The summed E-state index contributed by atoms with van der Waals surface area (Å²) < 4.78 is 16.0. The highest BCUT2D eigenvalue weighted by atomic mass is 16.7. The fraction of sp³-hybridized carbons (Fsp3) is 0.500. The van der Waals surface area contributed by atoms with Crippen LogP contribution in [-0.2, 0) is 9.53 Å².